The van der Waals surface area contributed by atoms with Crippen LogP contribution in [-0.2, 0) is 17.5 Å². The number of nitrogens with zero attached hydrogens (tertiary/aromatic N) is 4. The third-order valence-electron chi connectivity index (χ3n) is 6.60. The van der Waals surface area contributed by atoms with E-state index < -0.39 is 24.0 Å². The lowest BCUT2D eigenvalue weighted by molar-refractivity contribution is -0.138. The molecule has 2 fully saturated rings. The summed E-state index contributed by atoms with van der Waals surface area (Å²) in [5.74, 6) is 0.248. The lowest BCUT2D eigenvalue weighted by atomic mass is 10.0. The number of rotatable bonds is 4. The first-order valence-corrected chi connectivity index (χ1v) is 12.8. The second kappa shape index (κ2) is 9.72. The van der Waals surface area contributed by atoms with Gasteiger partial charge in [-0.05, 0) is 54.9 Å². The number of piperidine rings is 1. The maximum absolute atomic E-state index is 14.6. The van der Waals surface area contributed by atoms with Crippen LogP contribution >= 0.6 is 23.4 Å². The Balaban J connectivity index is 1.36. The van der Waals surface area contributed by atoms with Crippen LogP contribution in [0.5, 0.6) is 0 Å². The molecule has 1 amide bonds. The van der Waals surface area contributed by atoms with Gasteiger partial charge in [-0.2, -0.15) is 18.3 Å². The summed E-state index contributed by atoms with van der Waals surface area (Å²) in [6.45, 7) is 0.999. The molecule has 0 N–H and O–H groups in total. The normalized spacial score (nSPS) is 22.8. The van der Waals surface area contributed by atoms with Gasteiger partial charge in [0.25, 0.3) is 5.91 Å². The minimum Gasteiger partial charge on any atom is -0.323 e. The highest BCUT2D eigenvalue weighted by molar-refractivity contribution is 8.04. The molecule has 0 radical (unpaired) electrons. The molecular weight excluding hydrogens is 516 g/mol. The standard InChI is InChI=1S/C25H23ClF4N4OS/c1-32-7-6-22(20(27)13-32)33-14-36-23(24(33)35)9-15-2-5-21-17(8-15)11-31-34(21)12-16-3-4-18(26)10-19(16)25(28,29)30/h2-5,8-11,20,22H,6-7,12-14H2,1H3. The van der Waals surface area contributed by atoms with Gasteiger partial charge in [-0.1, -0.05) is 35.5 Å². The molecular formula is C25H23ClF4N4OS. The Bertz CT molecular complexity index is 1340. The molecule has 0 spiro atoms. The summed E-state index contributed by atoms with van der Waals surface area (Å²) in [7, 11) is 1.87. The van der Waals surface area contributed by atoms with Crippen molar-refractivity contribution in [3.8, 4) is 0 Å². The fourth-order valence-electron chi connectivity index (χ4n) is 4.73. The molecule has 3 heterocycles. The van der Waals surface area contributed by atoms with Crippen molar-refractivity contribution in [2.24, 2.45) is 0 Å². The predicted molar refractivity (Wildman–Crippen MR) is 133 cm³/mol. The Morgan fingerprint density at radius 1 is 1.22 bits per heavy atom. The molecule has 3 aromatic rings. The Kier molecular flexibility index (Phi) is 6.78. The molecule has 2 aromatic carbocycles. The number of hydrogen-bond acceptors (Lipinski definition) is 4. The number of benzene rings is 2. The summed E-state index contributed by atoms with van der Waals surface area (Å²) in [6.07, 6.45) is -1.65. The third kappa shape index (κ3) is 4.99. The molecule has 2 saturated heterocycles. The number of fused-ring (bicyclic) bond motifs is 1. The monoisotopic (exact) mass is 538 g/mol. The van der Waals surface area contributed by atoms with Crippen molar-refractivity contribution in [3.63, 3.8) is 0 Å². The lowest BCUT2D eigenvalue weighted by Gasteiger charge is -2.37. The van der Waals surface area contributed by atoms with Gasteiger partial charge >= 0.3 is 6.18 Å². The second-order valence-electron chi connectivity index (χ2n) is 9.11. The molecule has 2 atom stereocenters. The van der Waals surface area contributed by atoms with E-state index in [2.05, 4.69) is 5.10 Å². The van der Waals surface area contributed by atoms with Gasteiger partial charge in [-0.3, -0.25) is 9.48 Å². The molecule has 190 valence electrons. The van der Waals surface area contributed by atoms with E-state index in [1.54, 1.807) is 29.3 Å². The van der Waals surface area contributed by atoms with E-state index in [-0.39, 0.29) is 23.0 Å². The van der Waals surface area contributed by atoms with E-state index >= 15 is 0 Å². The quantitative estimate of drug-likeness (QED) is 0.317. The molecule has 5 nitrogen and oxygen atoms in total. The molecule has 1 aromatic heterocycles. The van der Waals surface area contributed by atoms with Gasteiger partial charge in [0.1, 0.15) is 6.17 Å². The largest absolute Gasteiger partial charge is 0.416 e. The van der Waals surface area contributed by atoms with E-state index in [0.29, 0.717) is 29.3 Å². The van der Waals surface area contributed by atoms with E-state index in [1.165, 1.54) is 28.6 Å². The first-order valence-electron chi connectivity index (χ1n) is 11.4. The Hall–Kier alpha value is -2.56. The van der Waals surface area contributed by atoms with Crippen molar-refractivity contribution < 1.29 is 22.4 Å². The molecule has 36 heavy (non-hydrogen) atoms. The van der Waals surface area contributed by atoms with Gasteiger partial charge in [-0.25, -0.2) is 4.39 Å². The van der Waals surface area contributed by atoms with Crippen LogP contribution in [0.1, 0.15) is 23.1 Å². The Morgan fingerprint density at radius 2 is 2.03 bits per heavy atom. The molecule has 0 bridgehead atoms. The van der Waals surface area contributed by atoms with Crippen LogP contribution in [0.4, 0.5) is 17.6 Å². The number of aromatic nitrogens is 2. The zero-order chi connectivity index (χ0) is 25.6. The van der Waals surface area contributed by atoms with E-state index in [9.17, 15) is 22.4 Å². The molecule has 11 heteroatoms. The summed E-state index contributed by atoms with van der Waals surface area (Å²) >= 11 is 7.17. The van der Waals surface area contributed by atoms with Crippen molar-refractivity contribution in [1.82, 2.24) is 19.6 Å². The van der Waals surface area contributed by atoms with Crippen LogP contribution in [-0.4, -0.2) is 63.7 Å². The van der Waals surface area contributed by atoms with Gasteiger partial charge in [0.15, 0.2) is 0 Å². The first-order chi connectivity index (χ1) is 17.1. The molecule has 5 rings (SSSR count). The number of likely N-dealkylation sites (tertiary alicyclic amines) is 1. The maximum Gasteiger partial charge on any atom is 0.416 e. The lowest BCUT2D eigenvalue weighted by Crippen LogP contribution is -2.51. The number of carbonyl (C=O) groups excluding carboxylic acids is 1. The summed E-state index contributed by atoms with van der Waals surface area (Å²) in [5.41, 5.74) is 0.707. The highest BCUT2D eigenvalue weighted by Crippen LogP contribution is 2.36. The van der Waals surface area contributed by atoms with Gasteiger partial charge in [0.2, 0.25) is 0 Å². The second-order valence-corrected chi connectivity index (χ2v) is 10.5. The van der Waals surface area contributed by atoms with Crippen LogP contribution < -0.4 is 0 Å². The van der Waals surface area contributed by atoms with Crippen LogP contribution in [0, 0.1) is 0 Å². The summed E-state index contributed by atoms with van der Waals surface area (Å²) < 4.78 is 56.5. The van der Waals surface area contributed by atoms with Crippen molar-refractivity contribution in [3.05, 3.63) is 69.2 Å². The first kappa shape index (κ1) is 25.1. The van der Waals surface area contributed by atoms with E-state index in [0.717, 1.165) is 23.6 Å². The molecule has 2 unspecified atom stereocenters. The van der Waals surface area contributed by atoms with Crippen LogP contribution in [0.2, 0.25) is 5.02 Å². The molecule has 0 saturated carbocycles. The minimum absolute atomic E-state index is 0.0184. The minimum atomic E-state index is -4.53. The van der Waals surface area contributed by atoms with E-state index in [4.69, 9.17) is 11.6 Å². The predicted octanol–water partition coefficient (Wildman–Crippen LogP) is 5.67. The number of thioether (sulfide) groups is 1. The van der Waals surface area contributed by atoms with Crippen molar-refractivity contribution in [1.29, 1.82) is 0 Å². The maximum atomic E-state index is 14.6. The molecule has 2 aliphatic rings. The summed E-state index contributed by atoms with van der Waals surface area (Å²) in [6, 6.07) is 8.70. The van der Waals surface area contributed by atoms with Gasteiger partial charge in [0.05, 0.1) is 40.6 Å². The number of halogens is 5. The smallest absolute Gasteiger partial charge is 0.323 e. The number of amides is 1. The highest BCUT2D eigenvalue weighted by atomic mass is 35.5. The van der Waals surface area contributed by atoms with Gasteiger partial charge < -0.3 is 9.80 Å². The van der Waals surface area contributed by atoms with Gasteiger partial charge in [0, 0.05) is 23.5 Å². The zero-order valence-electron chi connectivity index (χ0n) is 19.3. The zero-order valence-corrected chi connectivity index (χ0v) is 20.9. The van der Waals surface area contributed by atoms with Gasteiger partial charge in [-0.15, -0.1) is 0 Å². The third-order valence-corrected chi connectivity index (χ3v) is 7.85. The molecule has 2 aliphatic heterocycles. The fourth-order valence-corrected chi connectivity index (χ4v) is 5.95. The number of hydrogen-bond donors (Lipinski definition) is 0. The van der Waals surface area contributed by atoms with E-state index in [1.807, 2.05) is 18.0 Å². The fraction of sp³-hybridized carbons (Fsp3) is 0.360. The topological polar surface area (TPSA) is 41.4 Å². The van der Waals surface area contributed by atoms with Crippen molar-refractivity contribution in [2.45, 2.75) is 31.4 Å². The van der Waals surface area contributed by atoms with Crippen LogP contribution in [0.25, 0.3) is 17.0 Å². The Labute approximate surface area is 214 Å². The average Bonchev–Trinajstić information content (AvgIpc) is 3.37. The highest BCUT2D eigenvalue weighted by Gasteiger charge is 2.39. The summed E-state index contributed by atoms with van der Waals surface area (Å²) in [5, 5.41) is 5.03. The SMILES string of the molecule is CN1CCC(N2CSC(=Cc3ccc4c(cnn4Cc4ccc(Cl)cc4C(F)(F)F)c3)C2=O)C(F)C1. The average molecular weight is 539 g/mol. The number of carbonyl (C=O) groups is 1. The van der Waals surface area contributed by atoms with Crippen LogP contribution in [0.3, 0.4) is 0 Å². The number of alkyl halides is 4. The molecule has 0 aliphatic carbocycles. The van der Waals surface area contributed by atoms with Crippen molar-refractivity contribution in [2.75, 3.05) is 26.0 Å². The van der Waals surface area contributed by atoms with Crippen molar-refractivity contribution >= 4 is 46.2 Å². The summed E-state index contributed by atoms with van der Waals surface area (Å²) in [4.78, 5) is 17.1. The van der Waals surface area contributed by atoms with Crippen LogP contribution in [0.15, 0.2) is 47.5 Å². The Morgan fingerprint density at radius 3 is 2.78 bits per heavy atom.